The molecule has 350 valence electrons. The van der Waals surface area contributed by atoms with Crippen molar-refractivity contribution in [1.82, 2.24) is 0 Å². The molecular formula is C56H90O6. The smallest absolute Gasteiger partial charge is 0.306 e. The summed E-state index contributed by atoms with van der Waals surface area (Å²) in [5, 5.41) is 0. The Hall–Kier alpha value is -3.93. The van der Waals surface area contributed by atoms with Crippen LogP contribution in [0.1, 0.15) is 207 Å². The summed E-state index contributed by atoms with van der Waals surface area (Å²) in [6.07, 6.45) is 66.5. The second kappa shape index (κ2) is 49.7. The van der Waals surface area contributed by atoms with E-state index in [-0.39, 0.29) is 44.0 Å². The molecule has 0 unspecified atom stereocenters. The van der Waals surface area contributed by atoms with E-state index in [4.69, 9.17) is 14.2 Å². The summed E-state index contributed by atoms with van der Waals surface area (Å²) in [6, 6.07) is 0. The van der Waals surface area contributed by atoms with Crippen molar-refractivity contribution in [2.45, 2.75) is 213 Å². The van der Waals surface area contributed by atoms with E-state index in [1.165, 1.54) is 70.6 Å². The number of unbranched alkanes of at least 4 members (excludes halogenated alkanes) is 14. The largest absolute Gasteiger partial charge is 0.462 e. The molecule has 62 heavy (non-hydrogen) atoms. The van der Waals surface area contributed by atoms with Crippen LogP contribution < -0.4 is 0 Å². The SMILES string of the molecule is CC/C=C\C/C=C\C/C=C\C/C=C\C/C=C\CCCC(=O)OC[C@@H](COC(=O)CCCCCCCCCCCC)OC(=O)CCC/C=C\C/C=C\C/C=C\C/C=C\CCCCC. The van der Waals surface area contributed by atoms with Crippen LogP contribution in [-0.4, -0.2) is 37.2 Å². The summed E-state index contributed by atoms with van der Waals surface area (Å²) >= 11 is 0. The standard InChI is InChI=1S/C56H90O6/c1-4-7-10-13-16-19-22-24-26-28-30-32-34-37-40-43-46-49-55(58)61-52-53(51-60-54(57)48-45-42-39-36-21-18-15-12-9-6-3)62-56(59)50-47-44-41-38-35-33-31-29-27-25-23-20-17-14-11-8-5-2/h7,10,16-17,19-20,24-27,30-33,37-38,40-41,53H,4-6,8-9,11-15,18,21-23,28-29,34-36,39,42-52H2,1-3H3/b10-7-,19-16-,20-17-,26-24-,27-25-,32-30-,33-31-,40-37-,41-38-/t53-/m1/s1. The van der Waals surface area contributed by atoms with E-state index in [1.807, 2.05) is 0 Å². The Morgan fingerprint density at radius 3 is 1.05 bits per heavy atom. The van der Waals surface area contributed by atoms with Gasteiger partial charge >= 0.3 is 17.9 Å². The van der Waals surface area contributed by atoms with Crippen LogP contribution in [0.15, 0.2) is 109 Å². The quantitative estimate of drug-likeness (QED) is 0.0263. The zero-order valence-electron chi connectivity index (χ0n) is 39.8. The van der Waals surface area contributed by atoms with Gasteiger partial charge in [-0.2, -0.15) is 0 Å². The third-order valence-corrected chi connectivity index (χ3v) is 10.0. The van der Waals surface area contributed by atoms with Gasteiger partial charge in [0.25, 0.3) is 0 Å². The van der Waals surface area contributed by atoms with Crippen molar-refractivity contribution in [2.24, 2.45) is 0 Å². The Labute approximate surface area is 380 Å². The van der Waals surface area contributed by atoms with Crippen molar-refractivity contribution in [1.29, 1.82) is 0 Å². The minimum absolute atomic E-state index is 0.118. The normalized spacial score (nSPS) is 13.0. The lowest BCUT2D eigenvalue weighted by molar-refractivity contribution is -0.167. The minimum Gasteiger partial charge on any atom is -0.462 e. The zero-order valence-corrected chi connectivity index (χ0v) is 39.8. The first-order valence-electron chi connectivity index (χ1n) is 24.9. The molecule has 0 amide bonds. The Bertz CT molecular complexity index is 1310. The van der Waals surface area contributed by atoms with E-state index >= 15 is 0 Å². The number of carbonyl (C=O) groups excluding carboxylic acids is 3. The predicted octanol–water partition coefficient (Wildman–Crippen LogP) is 16.4. The molecule has 0 aliphatic rings. The van der Waals surface area contributed by atoms with Gasteiger partial charge in [-0.1, -0.05) is 201 Å². The summed E-state index contributed by atoms with van der Waals surface area (Å²) in [7, 11) is 0. The molecule has 0 aromatic carbocycles. The van der Waals surface area contributed by atoms with Gasteiger partial charge in [-0.3, -0.25) is 14.4 Å². The van der Waals surface area contributed by atoms with Crippen LogP contribution in [0.5, 0.6) is 0 Å². The van der Waals surface area contributed by atoms with Crippen molar-refractivity contribution in [3.63, 3.8) is 0 Å². The first-order valence-corrected chi connectivity index (χ1v) is 24.9. The summed E-state index contributed by atoms with van der Waals surface area (Å²) in [4.78, 5) is 37.8. The van der Waals surface area contributed by atoms with E-state index in [1.54, 1.807) is 0 Å². The van der Waals surface area contributed by atoms with Gasteiger partial charge in [0, 0.05) is 19.3 Å². The number of ether oxygens (including phenoxy) is 3. The topological polar surface area (TPSA) is 78.9 Å². The Balaban J connectivity index is 4.57. The molecule has 0 aliphatic carbocycles. The lowest BCUT2D eigenvalue weighted by Crippen LogP contribution is -2.30. The Morgan fingerprint density at radius 1 is 0.339 bits per heavy atom. The second-order valence-corrected chi connectivity index (χ2v) is 16.0. The van der Waals surface area contributed by atoms with E-state index < -0.39 is 6.10 Å². The molecule has 0 spiro atoms. The molecule has 0 fully saturated rings. The fraction of sp³-hybridized carbons (Fsp3) is 0.625. The van der Waals surface area contributed by atoms with Crippen LogP contribution in [0.3, 0.4) is 0 Å². The van der Waals surface area contributed by atoms with Gasteiger partial charge in [-0.15, -0.1) is 0 Å². The van der Waals surface area contributed by atoms with Crippen LogP contribution in [0.2, 0.25) is 0 Å². The van der Waals surface area contributed by atoms with Gasteiger partial charge in [-0.25, -0.2) is 0 Å². The predicted molar refractivity (Wildman–Crippen MR) is 265 cm³/mol. The van der Waals surface area contributed by atoms with Crippen molar-refractivity contribution >= 4 is 17.9 Å². The second-order valence-electron chi connectivity index (χ2n) is 16.0. The summed E-state index contributed by atoms with van der Waals surface area (Å²) in [6.45, 7) is 6.37. The number of rotatable bonds is 43. The molecule has 0 aliphatic heterocycles. The highest BCUT2D eigenvalue weighted by Crippen LogP contribution is 2.12. The van der Waals surface area contributed by atoms with Gasteiger partial charge in [0.1, 0.15) is 13.2 Å². The summed E-state index contributed by atoms with van der Waals surface area (Å²) in [5.74, 6) is -1.05. The molecule has 0 bridgehead atoms. The van der Waals surface area contributed by atoms with E-state index in [9.17, 15) is 14.4 Å². The molecule has 6 heteroatoms. The van der Waals surface area contributed by atoms with Crippen LogP contribution in [0.4, 0.5) is 0 Å². The molecule has 1 atom stereocenters. The fourth-order valence-electron chi connectivity index (χ4n) is 6.29. The molecule has 0 aromatic rings. The minimum atomic E-state index is -0.828. The highest BCUT2D eigenvalue weighted by Gasteiger charge is 2.19. The van der Waals surface area contributed by atoms with Crippen molar-refractivity contribution in [2.75, 3.05) is 13.2 Å². The number of carbonyl (C=O) groups is 3. The first kappa shape index (κ1) is 58.1. The highest BCUT2D eigenvalue weighted by atomic mass is 16.6. The molecule has 0 saturated heterocycles. The van der Waals surface area contributed by atoms with Gasteiger partial charge in [0.15, 0.2) is 6.10 Å². The number of allylic oxidation sites excluding steroid dienone is 18. The first-order chi connectivity index (χ1) is 30.5. The summed E-state index contributed by atoms with van der Waals surface area (Å²) < 4.78 is 16.6. The molecule has 0 heterocycles. The average Bonchev–Trinajstić information content (AvgIpc) is 3.27. The third-order valence-electron chi connectivity index (χ3n) is 10.0. The number of hydrogen-bond acceptors (Lipinski definition) is 6. The molecule has 0 N–H and O–H groups in total. The molecule has 0 radical (unpaired) electrons. The lowest BCUT2D eigenvalue weighted by atomic mass is 10.1. The zero-order chi connectivity index (χ0) is 45.1. The van der Waals surface area contributed by atoms with Gasteiger partial charge in [0.05, 0.1) is 0 Å². The Morgan fingerprint density at radius 2 is 0.645 bits per heavy atom. The van der Waals surface area contributed by atoms with Crippen molar-refractivity contribution in [3.05, 3.63) is 109 Å². The monoisotopic (exact) mass is 859 g/mol. The number of hydrogen-bond donors (Lipinski definition) is 0. The van der Waals surface area contributed by atoms with Crippen LogP contribution in [-0.2, 0) is 28.6 Å². The molecule has 0 aromatic heterocycles. The average molecular weight is 859 g/mol. The fourth-order valence-corrected chi connectivity index (χ4v) is 6.29. The summed E-state index contributed by atoms with van der Waals surface area (Å²) in [5.41, 5.74) is 0. The maximum Gasteiger partial charge on any atom is 0.306 e. The maximum atomic E-state index is 12.8. The van der Waals surface area contributed by atoms with Crippen LogP contribution in [0, 0.1) is 0 Å². The molecular weight excluding hydrogens is 769 g/mol. The van der Waals surface area contributed by atoms with Gasteiger partial charge in [0.2, 0.25) is 0 Å². The van der Waals surface area contributed by atoms with Crippen LogP contribution in [0.25, 0.3) is 0 Å². The molecule has 0 rings (SSSR count). The van der Waals surface area contributed by atoms with E-state index in [0.717, 1.165) is 83.5 Å². The van der Waals surface area contributed by atoms with Gasteiger partial charge < -0.3 is 14.2 Å². The van der Waals surface area contributed by atoms with Gasteiger partial charge in [-0.05, 0) is 96.3 Å². The Kier molecular flexibility index (Phi) is 46.6. The van der Waals surface area contributed by atoms with Crippen molar-refractivity contribution in [3.8, 4) is 0 Å². The maximum absolute atomic E-state index is 12.8. The van der Waals surface area contributed by atoms with E-state index in [2.05, 4.69) is 130 Å². The highest BCUT2D eigenvalue weighted by molar-refractivity contribution is 5.71. The molecule has 0 saturated carbocycles. The number of esters is 3. The molecule has 6 nitrogen and oxygen atoms in total. The lowest BCUT2D eigenvalue weighted by Gasteiger charge is -2.18. The third kappa shape index (κ3) is 47.1. The van der Waals surface area contributed by atoms with Crippen LogP contribution >= 0.6 is 0 Å². The van der Waals surface area contributed by atoms with E-state index in [0.29, 0.717) is 19.3 Å². The van der Waals surface area contributed by atoms with Crippen molar-refractivity contribution < 1.29 is 28.6 Å².